The maximum absolute atomic E-state index is 12.2. The maximum atomic E-state index is 12.2. The van der Waals surface area contributed by atoms with Gasteiger partial charge in [0.15, 0.2) is 11.6 Å². The number of aromatic nitrogens is 2. The highest BCUT2D eigenvalue weighted by Gasteiger charge is 2.15. The van der Waals surface area contributed by atoms with Gasteiger partial charge >= 0.3 is 5.97 Å². The molecule has 0 saturated heterocycles. The van der Waals surface area contributed by atoms with Crippen LogP contribution in [0.1, 0.15) is 104 Å². The Hall–Kier alpha value is -2.43. The molecule has 0 radical (unpaired) electrons. The van der Waals surface area contributed by atoms with Crippen LogP contribution in [0.5, 0.6) is 11.5 Å². The van der Waals surface area contributed by atoms with E-state index in [2.05, 4.69) is 23.8 Å². The van der Waals surface area contributed by atoms with Crippen molar-refractivity contribution in [1.29, 1.82) is 0 Å². The Morgan fingerprint density at radius 2 is 1.32 bits per heavy atom. The number of hydrogen-bond donors (Lipinski definition) is 0. The Balaban J connectivity index is 1.67. The van der Waals surface area contributed by atoms with Gasteiger partial charge in [0.2, 0.25) is 0 Å². The molecule has 0 spiro atoms. The van der Waals surface area contributed by atoms with E-state index in [0.717, 1.165) is 37.7 Å². The number of hydrogen-bond acceptors (Lipinski definition) is 5. The smallest absolute Gasteiger partial charge is 0.314 e. The van der Waals surface area contributed by atoms with Crippen LogP contribution in [-0.4, -0.2) is 22.5 Å². The van der Waals surface area contributed by atoms with Gasteiger partial charge in [0.1, 0.15) is 5.75 Å². The first-order valence-corrected chi connectivity index (χ1v) is 13.4. The van der Waals surface area contributed by atoms with Gasteiger partial charge in [0.25, 0.3) is 0 Å². The SMILES string of the molecule is CCCCCCCCCCCOc1cnc(-c2ccc(OC(=O)[C@@H](C)CCCCC)cc2)nc1. The standard InChI is InChI=1S/C29H44N2O3/c1-4-6-8-9-10-11-12-13-15-21-33-27-22-30-28(31-23-27)25-17-19-26(20-18-25)34-29(32)24(3)16-14-7-5-2/h17-20,22-24H,4-16,21H2,1-3H3/t24-/m0/s1. The van der Waals surface area contributed by atoms with Crippen molar-refractivity contribution in [3.63, 3.8) is 0 Å². The predicted molar refractivity (Wildman–Crippen MR) is 139 cm³/mol. The molecule has 188 valence electrons. The minimum atomic E-state index is -0.173. The molecule has 0 saturated carbocycles. The molecular formula is C29H44N2O3. The van der Waals surface area contributed by atoms with E-state index in [1.807, 2.05) is 19.1 Å². The van der Waals surface area contributed by atoms with E-state index in [0.29, 0.717) is 23.9 Å². The molecular weight excluding hydrogens is 424 g/mol. The van der Waals surface area contributed by atoms with Crippen molar-refractivity contribution in [2.45, 2.75) is 104 Å². The van der Waals surface area contributed by atoms with Crippen molar-refractivity contribution in [3.05, 3.63) is 36.7 Å². The molecule has 1 aromatic carbocycles. The van der Waals surface area contributed by atoms with Crippen LogP contribution in [0.15, 0.2) is 36.7 Å². The fourth-order valence-electron chi connectivity index (χ4n) is 3.85. The van der Waals surface area contributed by atoms with Gasteiger partial charge in [-0.3, -0.25) is 4.79 Å². The molecule has 0 N–H and O–H groups in total. The molecule has 0 aliphatic carbocycles. The van der Waals surface area contributed by atoms with Crippen LogP contribution < -0.4 is 9.47 Å². The lowest BCUT2D eigenvalue weighted by Crippen LogP contribution is -2.17. The van der Waals surface area contributed by atoms with Gasteiger partial charge in [0.05, 0.1) is 24.9 Å². The highest BCUT2D eigenvalue weighted by molar-refractivity contribution is 5.75. The second kappa shape index (κ2) is 17.1. The first-order chi connectivity index (χ1) is 16.6. The van der Waals surface area contributed by atoms with Crippen molar-refractivity contribution in [2.75, 3.05) is 6.61 Å². The summed E-state index contributed by atoms with van der Waals surface area (Å²) in [7, 11) is 0. The lowest BCUT2D eigenvalue weighted by molar-refractivity contribution is -0.138. The Labute approximate surface area is 206 Å². The average molecular weight is 469 g/mol. The highest BCUT2D eigenvalue weighted by atomic mass is 16.5. The minimum absolute atomic E-state index is 0.0855. The summed E-state index contributed by atoms with van der Waals surface area (Å²) in [6, 6.07) is 7.35. The van der Waals surface area contributed by atoms with E-state index in [9.17, 15) is 4.79 Å². The van der Waals surface area contributed by atoms with Crippen molar-refractivity contribution < 1.29 is 14.3 Å². The first-order valence-electron chi connectivity index (χ1n) is 13.4. The van der Waals surface area contributed by atoms with E-state index < -0.39 is 0 Å². The molecule has 5 heteroatoms. The molecule has 1 heterocycles. The summed E-state index contributed by atoms with van der Waals surface area (Å²) in [4.78, 5) is 21.1. The van der Waals surface area contributed by atoms with Gasteiger partial charge < -0.3 is 9.47 Å². The van der Waals surface area contributed by atoms with Crippen molar-refractivity contribution in [2.24, 2.45) is 5.92 Å². The number of esters is 1. The summed E-state index contributed by atoms with van der Waals surface area (Å²) in [6.45, 7) is 7.05. The molecule has 0 aliphatic heterocycles. The number of ether oxygens (including phenoxy) is 2. The minimum Gasteiger partial charge on any atom is -0.490 e. The molecule has 34 heavy (non-hydrogen) atoms. The van der Waals surface area contributed by atoms with Crippen LogP contribution in [-0.2, 0) is 4.79 Å². The van der Waals surface area contributed by atoms with Crippen LogP contribution in [0.25, 0.3) is 11.4 Å². The average Bonchev–Trinajstić information content (AvgIpc) is 2.86. The lowest BCUT2D eigenvalue weighted by Gasteiger charge is -2.11. The van der Waals surface area contributed by atoms with Gasteiger partial charge in [-0.1, -0.05) is 91.4 Å². The summed E-state index contributed by atoms with van der Waals surface area (Å²) in [5, 5.41) is 0. The van der Waals surface area contributed by atoms with Gasteiger partial charge in [0, 0.05) is 5.56 Å². The number of unbranched alkanes of at least 4 members (excludes halogenated alkanes) is 10. The topological polar surface area (TPSA) is 61.3 Å². The Bertz CT molecular complexity index is 790. The zero-order chi connectivity index (χ0) is 24.4. The Morgan fingerprint density at radius 1 is 0.765 bits per heavy atom. The molecule has 0 amide bonds. The van der Waals surface area contributed by atoms with Gasteiger partial charge in [-0.25, -0.2) is 9.97 Å². The van der Waals surface area contributed by atoms with Gasteiger partial charge in [-0.2, -0.15) is 0 Å². The molecule has 5 nitrogen and oxygen atoms in total. The molecule has 0 bridgehead atoms. The Kier molecular flexibility index (Phi) is 14.0. The molecule has 0 aliphatic rings. The van der Waals surface area contributed by atoms with E-state index in [4.69, 9.17) is 9.47 Å². The fraction of sp³-hybridized carbons (Fsp3) is 0.621. The second-order valence-electron chi connectivity index (χ2n) is 9.26. The largest absolute Gasteiger partial charge is 0.490 e. The quantitative estimate of drug-likeness (QED) is 0.125. The van der Waals surface area contributed by atoms with Crippen LogP contribution in [0, 0.1) is 5.92 Å². The van der Waals surface area contributed by atoms with Gasteiger partial charge in [-0.05, 0) is 37.1 Å². The highest BCUT2D eigenvalue weighted by Crippen LogP contribution is 2.22. The van der Waals surface area contributed by atoms with Crippen molar-refractivity contribution >= 4 is 5.97 Å². The third-order valence-corrected chi connectivity index (χ3v) is 6.12. The molecule has 2 rings (SSSR count). The molecule has 1 atom stereocenters. The zero-order valence-corrected chi connectivity index (χ0v) is 21.6. The summed E-state index contributed by atoms with van der Waals surface area (Å²) in [6.07, 6.45) is 19.4. The van der Waals surface area contributed by atoms with E-state index in [1.165, 1.54) is 51.4 Å². The second-order valence-corrected chi connectivity index (χ2v) is 9.26. The van der Waals surface area contributed by atoms with E-state index in [1.54, 1.807) is 24.5 Å². The van der Waals surface area contributed by atoms with Crippen molar-refractivity contribution in [1.82, 2.24) is 9.97 Å². The van der Waals surface area contributed by atoms with Crippen LogP contribution in [0.3, 0.4) is 0 Å². The fourth-order valence-corrected chi connectivity index (χ4v) is 3.85. The molecule has 0 fully saturated rings. The summed E-state index contributed by atoms with van der Waals surface area (Å²) in [5.41, 5.74) is 0.876. The maximum Gasteiger partial charge on any atom is 0.314 e. The van der Waals surface area contributed by atoms with Crippen LogP contribution >= 0.6 is 0 Å². The molecule has 1 aromatic heterocycles. The van der Waals surface area contributed by atoms with Crippen molar-refractivity contribution in [3.8, 4) is 22.9 Å². The number of benzene rings is 1. The lowest BCUT2D eigenvalue weighted by atomic mass is 10.0. The summed E-state index contributed by atoms with van der Waals surface area (Å²) >= 11 is 0. The number of carbonyl (C=O) groups excluding carboxylic acids is 1. The van der Waals surface area contributed by atoms with E-state index in [-0.39, 0.29) is 11.9 Å². The van der Waals surface area contributed by atoms with Gasteiger partial charge in [-0.15, -0.1) is 0 Å². The summed E-state index contributed by atoms with van der Waals surface area (Å²) in [5.74, 6) is 1.62. The first kappa shape index (κ1) is 27.8. The van der Waals surface area contributed by atoms with Crippen LogP contribution in [0.4, 0.5) is 0 Å². The molecule has 0 unspecified atom stereocenters. The number of nitrogens with zero attached hydrogens (tertiary/aromatic N) is 2. The number of carbonyl (C=O) groups is 1. The monoisotopic (exact) mass is 468 g/mol. The van der Waals surface area contributed by atoms with E-state index >= 15 is 0 Å². The predicted octanol–water partition coefficient (Wildman–Crippen LogP) is 8.18. The molecule has 2 aromatic rings. The number of rotatable bonds is 18. The normalized spacial score (nSPS) is 11.9. The summed E-state index contributed by atoms with van der Waals surface area (Å²) < 4.78 is 11.3. The zero-order valence-electron chi connectivity index (χ0n) is 21.6. The van der Waals surface area contributed by atoms with Crippen LogP contribution in [0.2, 0.25) is 0 Å². The third-order valence-electron chi connectivity index (χ3n) is 6.12. The third kappa shape index (κ3) is 11.1. The Morgan fingerprint density at radius 3 is 1.94 bits per heavy atom.